The number of hydrogen-bond donors (Lipinski definition) is 2. The number of anilines is 2. The third-order valence-corrected chi connectivity index (χ3v) is 4.71. The molecule has 1 saturated carbocycles. The van der Waals surface area contributed by atoms with Gasteiger partial charge in [-0.05, 0) is 31.9 Å². The normalized spacial score (nSPS) is 21.9. The molecule has 0 spiro atoms. The number of halogens is 1. The Balaban J connectivity index is 1.98. The van der Waals surface area contributed by atoms with Crippen molar-refractivity contribution in [2.24, 2.45) is 5.73 Å². The molecule has 1 aromatic rings. The van der Waals surface area contributed by atoms with E-state index in [4.69, 9.17) is 17.3 Å². The van der Waals surface area contributed by atoms with Gasteiger partial charge in [0.05, 0.1) is 10.7 Å². The highest BCUT2D eigenvalue weighted by atomic mass is 35.5. The van der Waals surface area contributed by atoms with Gasteiger partial charge in [0.15, 0.2) is 0 Å². The maximum Gasteiger partial charge on any atom is 0.245 e. The van der Waals surface area contributed by atoms with Gasteiger partial charge in [-0.3, -0.25) is 4.79 Å². The Labute approximate surface area is 124 Å². The first-order valence-corrected chi connectivity index (χ1v) is 7.66. The van der Waals surface area contributed by atoms with Crippen molar-refractivity contribution >= 4 is 28.9 Å². The molecule has 1 aliphatic heterocycles. The Hall–Kier alpha value is -1.26. The van der Waals surface area contributed by atoms with E-state index >= 15 is 0 Å². The number of amides is 1. The summed E-state index contributed by atoms with van der Waals surface area (Å²) in [5, 5.41) is 3.52. The molecule has 1 heterocycles. The lowest BCUT2D eigenvalue weighted by Crippen LogP contribution is -2.33. The molecule has 1 fully saturated rings. The average molecular weight is 294 g/mol. The minimum Gasteiger partial charge on any atom is -0.368 e. The minimum absolute atomic E-state index is 0.155. The van der Waals surface area contributed by atoms with Gasteiger partial charge in [0.1, 0.15) is 6.04 Å². The Bertz CT molecular complexity index is 540. The van der Waals surface area contributed by atoms with Gasteiger partial charge in [-0.15, -0.1) is 0 Å². The summed E-state index contributed by atoms with van der Waals surface area (Å²) in [6, 6.07) is 3.77. The molecule has 1 aliphatic carbocycles. The summed E-state index contributed by atoms with van der Waals surface area (Å²) < 4.78 is 0. The summed E-state index contributed by atoms with van der Waals surface area (Å²) in [6.07, 6.45) is 5.00. The Morgan fingerprint density at radius 2 is 2.10 bits per heavy atom. The number of benzene rings is 1. The van der Waals surface area contributed by atoms with Crippen molar-refractivity contribution in [3.63, 3.8) is 0 Å². The molecular weight excluding hydrogens is 274 g/mol. The van der Waals surface area contributed by atoms with E-state index in [1.54, 1.807) is 0 Å². The zero-order valence-electron chi connectivity index (χ0n) is 11.7. The van der Waals surface area contributed by atoms with Gasteiger partial charge in [-0.1, -0.05) is 24.4 Å². The van der Waals surface area contributed by atoms with Gasteiger partial charge in [0, 0.05) is 23.8 Å². The predicted molar refractivity (Wildman–Crippen MR) is 82.3 cm³/mol. The zero-order valence-corrected chi connectivity index (χ0v) is 12.4. The molecule has 108 valence electrons. The van der Waals surface area contributed by atoms with Crippen LogP contribution in [0.2, 0.25) is 5.02 Å². The molecule has 1 amide bonds. The van der Waals surface area contributed by atoms with Crippen LogP contribution in [0.4, 0.5) is 11.4 Å². The van der Waals surface area contributed by atoms with Crippen molar-refractivity contribution in [3.05, 3.63) is 22.7 Å². The van der Waals surface area contributed by atoms with E-state index in [9.17, 15) is 4.79 Å². The lowest BCUT2D eigenvalue weighted by atomic mass is 10.1. The van der Waals surface area contributed by atoms with E-state index in [0.717, 1.165) is 23.5 Å². The molecule has 3 rings (SSSR count). The maximum atomic E-state index is 11.7. The number of fused-ring (bicyclic) bond motifs is 1. The third-order valence-electron chi connectivity index (χ3n) is 4.41. The Morgan fingerprint density at radius 1 is 1.40 bits per heavy atom. The summed E-state index contributed by atoms with van der Waals surface area (Å²) in [4.78, 5) is 14.0. The smallest absolute Gasteiger partial charge is 0.245 e. The molecule has 20 heavy (non-hydrogen) atoms. The summed E-state index contributed by atoms with van der Waals surface area (Å²) in [5.74, 6) is -0.155. The SMILES string of the molecule is CCN(c1cc2c(cc1Cl)C(N)C(=O)N2)C1CCCC1. The van der Waals surface area contributed by atoms with Crippen molar-refractivity contribution in [1.29, 1.82) is 0 Å². The zero-order chi connectivity index (χ0) is 14.3. The van der Waals surface area contributed by atoms with E-state index < -0.39 is 6.04 Å². The number of nitrogens with one attached hydrogen (secondary N) is 1. The highest BCUT2D eigenvalue weighted by Gasteiger charge is 2.30. The van der Waals surface area contributed by atoms with Crippen LogP contribution in [-0.2, 0) is 4.79 Å². The molecule has 1 unspecified atom stereocenters. The van der Waals surface area contributed by atoms with E-state index in [1.807, 2.05) is 12.1 Å². The number of nitrogens with two attached hydrogens (primary N) is 1. The van der Waals surface area contributed by atoms with E-state index in [1.165, 1.54) is 25.7 Å². The van der Waals surface area contributed by atoms with Crippen LogP contribution in [0.3, 0.4) is 0 Å². The van der Waals surface area contributed by atoms with Crippen LogP contribution >= 0.6 is 11.6 Å². The number of nitrogens with zero attached hydrogens (tertiary/aromatic N) is 1. The highest BCUT2D eigenvalue weighted by molar-refractivity contribution is 6.33. The molecule has 5 heteroatoms. The van der Waals surface area contributed by atoms with E-state index in [2.05, 4.69) is 17.1 Å². The number of carbonyl (C=O) groups excluding carboxylic acids is 1. The second kappa shape index (κ2) is 5.26. The van der Waals surface area contributed by atoms with Crippen LogP contribution in [0.15, 0.2) is 12.1 Å². The Morgan fingerprint density at radius 3 is 2.75 bits per heavy atom. The van der Waals surface area contributed by atoms with Gasteiger partial charge in [0.25, 0.3) is 0 Å². The van der Waals surface area contributed by atoms with Crippen molar-refractivity contribution in [2.45, 2.75) is 44.7 Å². The van der Waals surface area contributed by atoms with Gasteiger partial charge in [-0.2, -0.15) is 0 Å². The number of carbonyl (C=O) groups is 1. The molecule has 3 N–H and O–H groups in total. The first kappa shape index (κ1) is 13.7. The quantitative estimate of drug-likeness (QED) is 0.900. The molecule has 0 saturated heterocycles. The monoisotopic (exact) mass is 293 g/mol. The van der Waals surface area contributed by atoms with Gasteiger partial charge in [-0.25, -0.2) is 0 Å². The van der Waals surface area contributed by atoms with Crippen LogP contribution < -0.4 is 16.0 Å². The van der Waals surface area contributed by atoms with E-state index in [0.29, 0.717) is 11.1 Å². The van der Waals surface area contributed by atoms with Crippen LogP contribution in [0.5, 0.6) is 0 Å². The predicted octanol–water partition coefficient (Wildman–Crippen LogP) is 3.06. The van der Waals surface area contributed by atoms with Gasteiger partial charge < -0.3 is 16.0 Å². The van der Waals surface area contributed by atoms with Crippen LogP contribution in [0.1, 0.15) is 44.2 Å². The molecule has 1 aromatic carbocycles. The molecule has 0 aromatic heterocycles. The number of hydrogen-bond acceptors (Lipinski definition) is 3. The van der Waals surface area contributed by atoms with Crippen LogP contribution in [0.25, 0.3) is 0 Å². The minimum atomic E-state index is -0.599. The molecular formula is C15H20ClN3O. The Kier molecular flexibility index (Phi) is 3.61. The van der Waals surface area contributed by atoms with Crippen molar-refractivity contribution in [2.75, 3.05) is 16.8 Å². The lowest BCUT2D eigenvalue weighted by Gasteiger charge is -2.31. The van der Waals surface area contributed by atoms with Crippen molar-refractivity contribution in [3.8, 4) is 0 Å². The topological polar surface area (TPSA) is 58.4 Å². The fraction of sp³-hybridized carbons (Fsp3) is 0.533. The van der Waals surface area contributed by atoms with Gasteiger partial charge in [0.2, 0.25) is 5.91 Å². The third kappa shape index (κ3) is 2.17. The fourth-order valence-electron chi connectivity index (χ4n) is 3.36. The second-order valence-electron chi connectivity index (χ2n) is 5.58. The standard InChI is InChI=1S/C15H20ClN3O/c1-2-19(9-5-3-4-6-9)13-8-12-10(7-11(13)16)14(17)15(20)18-12/h7-9,14H,2-6,17H2,1H3,(H,18,20). The van der Waals surface area contributed by atoms with Gasteiger partial charge >= 0.3 is 0 Å². The van der Waals surface area contributed by atoms with Crippen LogP contribution in [0, 0.1) is 0 Å². The van der Waals surface area contributed by atoms with Crippen LogP contribution in [-0.4, -0.2) is 18.5 Å². The molecule has 2 aliphatic rings. The second-order valence-corrected chi connectivity index (χ2v) is 5.99. The van der Waals surface area contributed by atoms with E-state index in [-0.39, 0.29) is 5.91 Å². The fourth-order valence-corrected chi connectivity index (χ4v) is 3.64. The summed E-state index contributed by atoms with van der Waals surface area (Å²) >= 11 is 6.44. The maximum absolute atomic E-state index is 11.7. The number of rotatable bonds is 3. The van der Waals surface area contributed by atoms with Crippen molar-refractivity contribution in [1.82, 2.24) is 0 Å². The summed E-state index contributed by atoms with van der Waals surface area (Å²) in [6.45, 7) is 3.06. The largest absolute Gasteiger partial charge is 0.368 e. The molecule has 4 nitrogen and oxygen atoms in total. The lowest BCUT2D eigenvalue weighted by molar-refractivity contribution is -0.116. The molecule has 0 radical (unpaired) electrons. The highest BCUT2D eigenvalue weighted by Crippen LogP contribution is 2.40. The first-order chi connectivity index (χ1) is 9.61. The summed E-state index contributed by atoms with van der Waals surface area (Å²) in [7, 11) is 0. The van der Waals surface area contributed by atoms with Crippen molar-refractivity contribution < 1.29 is 4.79 Å². The molecule has 0 bridgehead atoms. The average Bonchev–Trinajstić information content (AvgIpc) is 3.03. The summed E-state index contributed by atoms with van der Waals surface area (Å²) in [5.41, 5.74) is 8.47. The molecule has 1 atom stereocenters. The first-order valence-electron chi connectivity index (χ1n) is 7.28.